The maximum absolute atomic E-state index is 12.9. The number of hydrogen-bond donors (Lipinski definition) is 0. The Morgan fingerprint density at radius 3 is 2.80 bits per heavy atom. The van der Waals surface area contributed by atoms with Gasteiger partial charge in [-0.2, -0.15) is 0 Å². The van der Waals surface area contributed by atoms with Crippen LogP contribution in [0.2, 0.25) is 0 Å². The summed E-state index contributed by atoms with van der Waals surface area (Å²) in [4.78, 5) is 23.8. The molecule has 25 heavy (non-hydrogen) atoms. The van der Waals surface area contributed by atoms with Gasteiger partial charge in [-0.1, -0.05) is 35.7 Å². The van der Waals surface area contributed by atoms with E-state index in [0.29, 0.717) is 0 Å². The number of rotatable bonds is 4. The molecule has 1 fully saturated rings. The molecular weight excluding hydrogens is 350 g/mol. The van der Waals surface area contributed by atoms with Crippen molar-refractivity contribution in [2.75, 3.05) is 30.3 Å². The molecule has 0 atom stereocenters. The Morgan fingerprint density at radius 2 is 1.92 bits per heavy atom. The fourth-order valence-electron chi connectivity index (χ4n) is 3.29. The summed E-state index contributed by atoms with van der Waals surface area (Å²) in [6.07, 6.45) is 5.44. The van der Waals surface area contributed by atoms with Gasteiger partial charge in [0.15, 0.2) is 5.82 Å². The van der Waals surface area contributed by atoms with Crippen LogP contribution in [0.4, 0.5) is 16.3 Å². The van der Waals surface area contributed by atoms with Crippen molar-refractivity contribution >= 4 is 40.3 Å². The van der Waals surface area contributed by atoms with Crippen molar-refractivity contribution < 1.29 is 4.79 Å². The molecule has 1 saturated heterocycles. The molecule has 1 aromatic heterocycles. The third kappa shape index (κ3) is 3.71. The lowest BCUT2D eigenvalue weighted by Gasteiger charge is -2.29. The number of likely N-dealkylation sites (tertiary alicyclic amines) is 1. The van der Waals surface area contributed by atoms with Gasteiger partial charge in [0.1, 0.15) is 0 Å². The molecule has 4 nitrogen and oxygen atoms in total. The summed E-state index contributed by atoms with van der Waals surface area (Å²) in [6, 6.07) is 12.0. The van der Waals surface area contributed by atoms with E-state index < -0.39 is 0 Å². The standard InChI is InChI=1S/C19H21N3OS2/c23-19(24-14-6-13-21-11-3-4-12-21)22-15-7-1-2-8-16(15)25-17-9-5-10-20-18(17)22/h1-2,5,7-10H,3-4,6,11-14H2. The summed E-state index contributed by atoms with van der Waals surface area (Å²) < 4.78 is 0. The molecular formula is C19H21N3OS2. The summed E-state index contributed by atoms with van der Waals surface area (Å²) >= 11 is 3.08. The first-order chi connectivity index (χ1) is 12.3. The van der Waals surface area contributed by atoms with Crippen LogP contribution in [0.5, 0.6) is 0 Å². The topological polar surface area (TPSA) is 36.4 Å². The van der Waals surface area contributed by atoms with Crippen molar-refractivity contribution in [1.29, 1.82) is 0 Å². The number of nitrogens with zero attached hydrogens (tertiary/aromatic N) is 3. The molecule has 0 aliphatic carbocycles. The molecule has 1 amide bonds. The Morgan fingerprint density at radius 1 is 1.12 bits per heavy atom. The summed E-state index contributed by atoms with van der Waals surface area (Å²) in [7, 11) is 0. The van der Waals surface area contributed by atoms with E-state index in [2.05, 4.69) is 16.0 Å². The number of benzene rings is 1. The van der Waals surface area contributed by atoms with E-state index in [4.69, 9.17) is 0 Å². The van der Waals surface area contributed by atoms with Crippen molar-refractivity contribution in [2.24, 2.45) is 0 Å². The smallest absolute Gasteiger partial charge is 0.291 e. The number of fused-ring (bicyclic) bond motifs is 2. The Hall–Kier alpha value is -1.50. The van der Waals surface area contributed by atoms with Gasteiger partial charge in [-0.05, 0) is 63.2 Å². The molecule has 0 saturated carbocycles. The first-order valence-corrected chi connectivity index (χ1v) is 10.5. The summed E-state index contributed by atoms with van der Waals surface area (Å²) in [5, 5.41) is 0.0640. The normalized spacial score (nSPS) is 16.6. The van der Waals surface area contributed by atoms with E-state index in [1.54, 1.807) is 22.9 Å². The minimum absolute atomic E-state index is 0.0640. The zero-order valence-electron chi connectivity index (χ0n) is 14.1. The fourth-order valence-corrected chi connectivity index (χ4v) is 5.09. The second-order valence-electron chi connectivity index (χ2n) is 6.25. The van der Waals surface area contributed by atoms with E-state index in [1.807, 2.05) is 30.3 Å². The zero-order chi connectivity index (χ0) is 17.1. The van der Waals surface area contributed by atoms with Crippen LogP contribution in [0.15, 0.2) is 52.4 Å². The number of pyridine rings is 1. The summed E-state index contributed by atoms with van der Waals surface area (Å²) in [5.74, 6) is 1.60. The predicted octanol–water partition coefficient (Wildman–Crippen LogP) is 5.02. The number of anilines is 2. The molecule has 6 heteroatoms. The molecule has 0 bridgehead atoms. The first-order valence-electron chi connectivity index (χ1n) is 8.74. The SMILES string of the molecule is O=C(SCCCN1CCCC1)N1c2ccccc2Sc2cccnc21. The summed E-state index contributed by atoms with van der Waals surface area (Å²) in [5.41, 5.74) is 0.941. The van der Waals surface area contributed by atoms with Gasteiger partial charge in [-0.3, -0.25) is 9.69 Å². The third-order valence-corrected chi connectivity index (χ3v) is 6.54. The molecule has 4 rings (SSSR count). The van der Waals surface area contributed by atoms with Crippen LogP contribution in [-0.2, 0) is 0 Å². The highest BCUT2D eigenvalue weighted by Gasteiger charge is 2.29. The molecule has 0 unspecified atom stereocenters. The van der Waals surface area contributed by atoms with Crippen LogP contribution in [-0.4, -0.2) is 40.5 Å². The van der Waals surface area contributed by atoms with E-state index in [1.165, 1.54) is 37.7 Å². The van der Waals surface area contributed by atoms with Gasteiger partial charge in [-0.15, -0.1) is 0 Å². The van der Waals surface area contributed by atoms with Crippen LogP contribution >= 0.6 is 23.5 Å². The molecule has 0 N–H and O–H groups in total. The molecule has 2 aliphatic heterocycles. The van der Waals surface area contributed by atoms with E-state index >= 15 is 0 Å². The van der Waals surface area contributed by atoms with Crippen molar-refractivity contribution in [3.8, 4) is 0 Å². The van der Waals surface area contributed by atoms with E-state index in [-0.39, 0.29) is 5.24 Å². The Balaban J connectivity index is 1.46. The molecule has 0 spiro atoms. The molecule has 130 valence electrons. The van der Waals surface area contributed by atoms with Crippen LogP contribution in [0, 0.1) is 0 Å². The Labute approximate surface area is 157 Å². The van der Waals surface area contributed by atoms with E-state index in [9.17, 15) is 4.79 Å². The predicted molar refractivity (Wildman–Crippen MR) is 105 cm³/mol. The number of aromatic nitrogens is 1. The third-order valence-electron chi connectivity index (χ3n) is 4.51. The van der Waals surface area contributed by atoms with Crippen LogP contribution < -0.4 is 4.90 Å². The van der Waals surface area contributed by atoms with Gasteiger partial charge in [0.05, 0.1) is 10.6 Å². The number of para-hydroxylation sites is 1. The fraction of sp³-hybridized carbons (Fsp3) is 0.368. The van der Waals surface area contributed by atoms with Crippen molar-refractivity contribution in [3.63, 3.8) is 0 Å². The van der Waals surface area contributed by atoms with Gasteiger partial charge in [0.2, 0.25) is 0 Å². The number of carbonyl (C=O) groups excluding carboxylic acids is 1. The molecule has 3 heterocycles. The summed E-state index contributed by atoms with van der Waals surface area (Å²) in [6.45, 7) is 3.53. The maximum atomic E-state index is 12.9. The first kappa shape index (κ1) is 16.9. The van der Waals surface area contributed by atoms with Crippen LogP contribution in [0.3, 0.4) is 0 Å². The average molecular weight is 372 g/mol. The largest absolute Gasteiger partial charge is 0.303 e. The van der Waals surface area contributed by atoms with Gasteiger partial charge < -0.3 is 4.90 Å². The van der Waals surface area contributed by atoms with Crippen molar-refractivity contribution in [2.45, 2.75) is 29.1 Å². The van der Waals surface area contributed by atoms with E-state index in [0.717, 1.165) is 40.0 Å². The number of amides is 1. The number of thioether (sulfide) groups is 1. The lowest BCUT2D eigenvalue weighted by Crippen LogP contribution is -2.26. The number of hydrogen-bond acceptors (Lipinski definition) is 5. The van der Waals surface area contributed by atoms with Crippen molar-refractivity contribution in [1.82, 2.24) is 9.88 Å². The van der Waals surface area contributed by atoms with Crippen LogP contribution in [0.25, 0.3) is 0 Å². The monoisotopic (exact) mass is 371 g/mol. The second-order valence-corrected chi connectivity index (χ2v) is 8.38. The molecule has 1 aromatic carbocycles. The molecule has 2 aliphatic rings. The Kier molecular flexibility index (Phi) is 5.29. The minimum Gasteiger partial charge on any atom is -0.303 e. The molecule has 0 radical (unpaired) electrons. The van der Waals surface area contributed by atoms with Gasteiger partial charge in [0, 0.05) is 16.8 Å². The highest BCUT2D eigenvalue weighted by atomic mass is 32.2. The highest BCUT2D eigenvalue weighted by Crippen LogP contribution is 2.47. The Bertz CT molecular complexity index is 716. The van der Waals surface area contributed by atoms with Gasteiger partial charge in [-0.25, -0.2) is 4.98 Å². The lowest BCUT2D eigenvalue weighted by atomic mass is 10.3. The van der Waals surface area contributed by atoms with Gasteiger partial charge >= 0.3 is 0 Å². The van der Waals surface area contributed by atoms with Gasteiger partial charge in [0.25, 0.3) is 5.24 Å². The second kappa shape index (κ2) is 7.81. The minimum atomic E-state index is 0.0640. The number of carbonyl (C=O) groups is 1. The average Bonchev–Trinajstić information content (AvgIpc) is 3.16. The highest BCUT2D eigenvalue weighted by molar-refractivity contribution is 8.13. The van der Waals surface area contributed by atoms with Crippen LogP contribution in [0.1, 0.15) is 19.3 Å². The lowest BCUT2D eigenvalue weighted by molar-refractivity contribution is 0.266. The quantitative estimate of drug-likeness (QED) is 0.705. The maximum Gasteiger partial charge on any atom is 0.291 e. The zero-order valence-corrected chi connectivity index (χ0v) is 15.7. The molecule has 2 aromatic rings. The van der Waals surface area contributed by atoms with Crippen molar-refractivity contribution in [3.05, 3.63) is 42.6 Å².